The Morgan fingerprint density at radius 1 is 1.24 bits per heavy atom. The number of ether oxygens (including phenoxy) is 1. The molecule has 0 unspecified atom stereocenters. The van der Waals surface area contributed by atoms with Crippen molar-refractivity contribution in [1.82, 2.24) is 9.66 Å². The molecule has 1 aromatic heterocycles. The van der Waals surface area contributed by atoms with E-state index in [1.54, 1.807) is 12.3 Å². The van der Waals surface area contributed by atoms with E-state index in [1.807, 2.05) is 55.4 Å². The molecule has 170 valence electrons. The third-order valence-corrected chi connectivity index (χ3v) is 6.42. The molecule has 0 aliphatic heterocycles. The van der Waals surface area contributed by atoms with Crippen molar-refractivity contribution in [2.75, 3.05) is 25.6 Å². The van der Waals surface area contributed by atoms with Gasteiger partial charge in [-0.1, -0.05) is 35.2 Å². The van der Waals surface area contributed by atoms with Crippen LogP contribution in [0.4, 0.5) is 5.69 Å². The summed E-state index contributed by atoms with van der Waals surface area (Å²) in [7, 11) is 3.87. The van der Waals surface area contributed by atoms with E-state index in [9.17, 15) is 4.79 Å². The fraction of sp³-hybridized carbons (Fsp3) is 0.360. The highest BCUT2D eigenvalue weighted by atomic mass is 79.9. The molecule has 1 saturated carbocycles. The molecule has 2 aromatic carbocycles. The van der Waals surface area contributed by atoms with Gasteiger partial charge in [-0.05, 0) is 43.2 Å². The first-order valence-electron chi connectivity index (χ1n) is 11.1. The number of aromatic nitrogens is 2. The van der Waals surface area contributed by atoms with Crippen molar-refractivity contribution in [2.24, 2.45) is 5.10 Å². The van der Waals surface area contributed by atoms with Crippen LogP contribution in [-0.4, -0.2) is 36.6 Å². The standard InChI is InChI=1S/C25H26BrN5O2/c1-30(2)20-10-8-18(23(15-20)33-13-12-27)16-28-31-24(17-6-4-3-5-7-17)29-22-11-9-19(26)14-21(22)25(31)32/h8-11,14-17H,3-7,13H2,1-2H3. The monoisotopic (exact) mass is 507 g/mol. The molecular formula is C25H26BrN5O2. The largest absolute Gasteiger partial charge is 0.478 e. The molecule has 0 bridgehead atoms. The fourth-order valence-corrected chi connectivity index (χ4v) is 4.53. The van der Waals surface area contributed by atoms with Crippen molar-refractivity contribution in [1.29, 1.82) is 5.26 Å². The molecule has 3 aromatic rings. The van der Waals surface area contributed by atoms with Crippen LogP contribution in [-0.2, 0) is 0 Å². The first kappa shape index (κ1) is 23.0. The number of benzene rings is 2. The number of rotatable bonds is 6. The highest BCUT2D eigenvalue weighted by Crippen LogP contribution is 2.32. The molecule has 8 heteroatoms. The Labute approximate surface area is 201 Å². The summed E-state index contributed by atoms with van der Waals surface area (Å²) in [6.07, 6.45) is 7.07. The lowest BCUT2D eigenvalue weighted by atomic mass is 9.88. The third kappa shape index (κ3) is 5.09. The van der Waals surface area contributed by atoms with Crippen LogP contribution in [0.3, 0.4) is 0 Å². The number of nitriles is 1. The van der Waals surface area contributed by atoms with Gasteiger partial charge in [-0.25, -0.2) is 4.98 Å². The average molecular weight is 508 g/mol. The van der Waals surface area contributed by atoms with Gasteiger partial charge in [0.15, 0.2) is 6.61 Å². The summed E-state index contributed by atoms with van der Waals surface area (Å²) in [4.78, 5) is 20.3. The maximum Gasteiger partial charge on any atom is 0.282 e. The lowest BCUT2D eigenvalue weighted by Crippen LogP contribution is -2.25. The summed E-state index contributed by atoms with van der Waals surface area (Å²) >= 11 is 3.45. The van der Waals surface area contributed by atoms with E-state index in [-0.39, 0.29) is 18.1 Å². The molecule has 1 aliphatic rings. The van der Waals surface area contributed by atoms with Gasteiger partial charge in [-0.15, -0.1) is 0 Å². The molecule has 1 fully saturated rings. The lowest BCUT2D eigenvalue weighted by Gasteiger charge is -2.22. The van der Waals surface area contributed by atoms with Crippen molar-refractivity contribution >= 4 is 38.7 Å². The molecule has 0 spiro atoms. The second-order valence-corrected chi connectivity index (χ2v) is 9.31. The molecule has 1 aliphatic carbocycles. The molecule has 7 nitrogen and oxygen atoms in total. The molecule has 1 heterocycles. The van der Waals surface area contributed by atoms with E-state index in [2.05, 4.69) is 21.0 Å². The van der Waals surface area contributed by atoms with Gasteiger partial charge in [-0.2, -0.15) is 15.0 Å². The molecule has 0 amide bonds. The van der Waals surface area contributed by atoms with Crippen LogP contribution in [0.15, 0.2) is 50.8 Å². The Morgan fingerprint density at radius 3 is 2.76 bits per heavy atom. The van der Waals surface area contributed by atoms with Gasteiger partial charge in [0.1, 0.15) is 17.6 Å². The first-order chi connectivity index (χ1) is 16.0. The zero-order valence-corrected chi connectivity index (χ0v) is 20.4. The highest BCUT2D eigenvalue weighted by Gasteiger charge is 2.22. The molecule has 0 N–H and O–H groups in total. The Kier molecular flexibility index (Phi) is 7.09. The van der Waals surface area contributed by atoms with E-state index in [0.717, 1.165) is 35.8 Å². The summed E-state index contributed by atoms with van der Waals surface area (Å²) in [6, 6.07) is 13.2. The van der Waals surface area contributed by atoms with E-state index >= 15 is 0 Å². The van der Waals surface area contributed by atoms with Gasteiger partial charge in [0.2, 0.25) is 0 Å². The molecule has 4 rings (SSSR count). The Bertz CT molecular complexity index is 1290. The Hall–Kier alpha value is -3.18. The maximum atomic E-state index is 13.5. The zero-order chi connectivity index (χ0) is 23.4. The number of hydrogen-bond donors (Lipinski definition) is 0. The predicted octanol–water partition coefficient (Wildman–Crippen LogP) is 5.06. The summed E-state index contributed by atoms with van der Waals surface area (Å²) in [5.41, 5.74) is 2.12. The smallest absolute Gasteiger partial charge is 0.282 e. The molecule has 33 heavy (non-hydrogen) atoms. The maximum absolute atomic E-state index is 13.5. The van der Waals surface area contributed by atoms with Gasteiger partial charge < -0.3 is 9.64 Å². The van der Waals surface area contributed by atoms with Crippen molar-refractivity contribution in [3.05, 3.63) is 62.6 Å². The van der Waals surface area contributed by atoms with Crippen LogP contribution in [0.25, 0.3) is 10.9 Å². The number of anilines is 1. The second-order valence-electron chi connectivity index (χ2n) is 8.39. The van der Waals surface area contributed by atoms with E-state index in [4.69, 9.17) is 15.0 Å². The predicted molar refractivity (Wildman–Crippen MR) is 134 cm³/mol. The summed E-state index contributed by atoms with van der Waals surface area (Å²) in [5.74, 6) is 1.44. The normalized spacial score (nSPS) is 14.5. The van der Waals surface area contributed by atoms with Crippen LogP contribution >= 0.6 is 15.9 Å². The number of hydrogen-bond acceptors (Lipinski definition) is 6. The van der Waals surface area contributed by atoms with E-state index in [0.29, 0.717) is 28.0 Å². The molecule has 0 radical (unpaired) electrons. The minimum absolute atomic E-state index is 0.0729. The number of fused-ring (bicyclic) bond motifs is 1. The van der Waals surface area contributed by atoms with Gasteiger partial charge >= 0.3 is 0 Å². The SMILES string of the molecule is CN(C)c1ccc(C=Nn2c(C3CCCCC3)nc3ccc(Br)cc3c2=O)c(OCC#N)c1. The van der Waals surface area contributed by atoms with Crippen molar-refractivity contribution in [3.8, 4) is 11.8 Å². The summed E-state index contributed by atoms with van der Waals surface area (Å²) in [6.45, 7) is -0.0729. The van der Waals surface area contributed by atoms with Crippen LogP contribution in [0.2, 0.25) is 0 Å². The Balaban J connectivity index is 1.83. The quantitative estimate of drug-likeness (QED) is 0.435. The summed E-state index contributed by atoms with van der Waals surface area (Å²) < 4.78 is 7.90. The third-order valence-electron chi connectivity index (χ3n) is 5.92. The van der Waals surface area contributed by atoms with E-state index in [1.165, 1.54) is 11.1 Å². The lowest BCUT2D eigenvalue weighted by molar-refractivity contribution is 0.367. The van der Waals surface area contributed by atoms with Gasteiger partial charge in [-0.3, -0.25) is 4.79 Å². The van der Waals surface area contributed by atoms with Crippen molar-refractivity contribution < 1.29 is 4.74 Å². The number of nitrogens with zero attached hydrogens (tertiary/aromatic N) is 5. The van der Waals surface area contributed by atoms with Crippen LogP contribution in [0, 0.1) is 11.3 Å². The summed E-state index contributed by atoms with van der Waals surface area (Å²) in [5, 5.41) is 14.1. The minimum Gasteiger partial charge on any atom is -0.478 e. The fourth-order valence-electron chi connectivity index (χ4n) is 4.17. The van der Waals surface area contributed by atoms with Crippen molar-refractivity contribution in [3.63, 3.8) is 0 Å². The van der Waals surface area contributed by atoms with Gasteiger partial charge in [0, 0.05) is 41.8 Å². The van der Waals surface area contributed by atoms with E-state index < -0.39 is 0 Å². The second kappa shape index (κ2) is 10.2. The van der Waals surface area contributed by atoms with Gasteiger partial charge in [0.05, 0.1) is 17.1 Å². The highest BCUT2D eigenvalue weighted by molar-refractivity contribution is 9.10. The molecule has 0 saturated heterocycles. The average Bonchev–Trinajstić information content (AvgIpc) is 2.83. The van der Waals surface area contributed by atoms with Crippen LogP contribution in [0.5, 0.6) is 5.75 Å². The Morgan fingerprint density at radius 2 is 2.03 bits per heavy atom. The first-order valence-corrected chi connectivity index (χ1v) is 11.8. The zero-order valence-electron chi connectivity index (χ0n) is 18.8. The molecule has 0 atom stereocenters. The topological polar surface area (TPSA) is 83.5 Å². The van der Waals surface area contributed by atoms with Crippen LogP contribution in [0.1, 0.15) is 49.4 Å². The van der Waals surface area contributed by atoms with Crippen molar-refractivity contribution in [2.45, 2.75) is 38.0 Å². The van der Waals surface area contributed by atoms with Gasteiger partial charge in [0.25, 0.3) is 5.56 Å². The minimum atomic E-state index is -0.192. The molecular weight excluding hydrogens is 482 g/mol. The van der Waals surface area contributed by atoms with Crippen LogP contribution < -0.4 is 15.2 Å². The number of halogens is 1.